The number of aliphatic hydroxyl groups is 1. The number of nitrogens with two attached hydrogens (primary N) is 1. The second-order valence-electron chi connectivity index (χ2n) is 3.80. The number of rotatable bonds is 3. The Hall–Kier alpha value is -1.37. The van der Waals surface area contributed by atoms with Crippen LogP contribution in [0.4, 0.5) is 0 Å². The molecule has 1 unspecified atom stereocenters. The average molecular weight is 190 g/mol. The fourth-order valence-electron chi connectivity index (χ4n) is 1.22. The van der Waals surface area contributed by atoms with Crippen LogP contribution in [0.2, 0.25) is 0 Å². The van der Waals surface area contributed by atoms with Crippen molar-refractivity contribution >= 4 is 0 Å². The Morgan fingerprint density at radius 3 is 2.43 bits per heavy atom. The van der Waals surface area contributed by atoms with E-state index in [1.165, 1.54) is 0 Å². The maximum absolute atomic E-state index is 8.98. The molecule has 0 saturated carbocycles. The molecule has 0 heterocycles. The first-order valence-corrected chi connectivity index (χ1v) is 4.46. The van der Waals surface area contributed by atoms with E-state index in [0.717, 1.165) is 5.56 Å². The van der Waals surface area contributed by atoms with Gasteiger partial charge in [0.15, 0.2) is 0 Å². The van der Waals surface area contributed by atoms with Crippen molar-refractivity contribution in [3.8, 4) is 6.07 Å². The number of hydrogen-bond donors (Lipinski definition) is 2. The summed E-state index contributed by atoms with van der Waals surface area (Å²) in [4.78, 5) is 0. The van der Waals surface area contributed by atoms with Crippen LogP contribution >= 0.6 is 0 Å². The van der Waals surface area contributed by atoms with Crippen molar-refractivity contribution in [2.24, 2.45) is 5.73 Å². The highest BCUT2D eigenvalue weighted by molar-refractivity contribution is 5.32. The van der Waals surface area contributed by atoms with E-state index in [0.29, 0.717) is 12.0 Å². The Bertz CT molecular complexity index is 335. The smallest absolute Gasteiger partial charge is 0.0991 e. The van der Waals surface area contributed by atoms with Gasteiger partial charge in [-0.15, -0.1) is 0 Å². The lowest BCUT2D eigenvalue weighted by atomic mass is 9.94. The first-order valence-electron chi connectivity index (χ1n) is 4.46. The van der Waals surface area contributed by atoms with E-state index in [9.17, 15) is 0 Å². The highest BCUT2D eigenvalue weighted by Crippen LogP contribution is 2.11. The van der Waals surface area contributed by atoms with Crippen LogP contribution in [0.1, 0.15) is 18.1 Å². The van der Waals surface area contributed by atoms with Gasteiger partial charge >= 0.3 is 0 Å². The van der Waals surface area contributed by atoms with Gasteiger partial charge in [0.2, 0.25) is 0 Å². The molecule has 3 N–H and O–H groups in total. The Balaban J connectivity index is 2.75. The van der Waals surface area contributed by atoms with Crippen molar-refractivity contribution in [1.29, 1.82) is 5.26 Å². The second-order valence-corrected chi connectivity index (χ2v) is 3.80. The first-order chi connectivity index (χ1) is 6.57. The topological polar surface area (TPSA) is 70.0 Å². The van der Waals surface area contributed by atoms with Gasteiger partial charge < -0.3 is 10.8 Å². The molecule has 1 atom stereocenters. The van der Waals surface area contributed by atoms with Crippen LogP contribution in [0.15, 0.2) is 24.3 Å². The molecule has 0 bridgehead atoms. The molecule has 0 radical (unpaired) electrons. The fourth-order valence-corrected chi connectivity index (χ4v) is 1.22. The summed E-state index contributed by atoms with van der Waals surface area (Å²) >= 11 is 0. The van der Waals surface area contributed by atoms with Crippen LogP contribution in [0, 0.1) is 11.3 Å². The highest BCUT2D eigenvalue weighted by atomic mass is 16.3. The lowest BCUT2D eigenvalue weighted by molar-refractivity contribution is 0.208. The van der Waals surface area contributed by atoms with E-state index in [1.807, 2.05) is 12.1 Å². The maximum Gasteiger partial charge on any atom is 0.0991 e. The third-order valence-electron chi connectivity index (χ3n) is 2.05. The Morgan fingerprint density at radius 2 is 2.00 bits per heavy atom. The van der Waals surface area contributed by atoms with E-state index < -0.39 is 5.54 Å². The minimum Gasteiger partial charge on any atom is -0.394 e. The predicted molar refractivity (Wildman–Crippen MR) is 54.5 cm³/mol. The van der Waals surface area contributed by atoms with Crippen LogP contribution in [-0.2, 0) is 6.42 Å². The average Bonchev–Trinajstić information content (AvgIpc) is 2.19. The van der Waals surface area contributed by atoms with Crippen molar-refractivity contribution in [2.45, 2.75) is 18.9 Å². The molecule has 0 aliphatic rings. The summed E-state index contributed by atoms with van der Waals surface area (Å²) in [5.74, 6) is 0. The molecule has 74 valence electrons. The molecule has 0 aromatic heterocycles. The summed E-state index contributed by atoms with van der Waals surface area (Å²) in [7, 11) is 0. The summed E-state index contributed by atoms with van der Waals surface area (Å²) in [6.07, 6.45) is 0.606. The Labute approximate surface area is 83.8 Å². The molecular formula is C11H14N2O. The SMILES string of the molecule is CC(N)(CO)Cc1ccc(C#N)cc1. The zero-order valence-corrected chi connectivity index (χ0v) is 8.20. The van der Waals surface area contributed by atoms with Gasteiger partial charge in [-0.2, -0.15) is 5.26 Å². The third kappa shape index (κ3) is 2.84. The van der Waals surface area contributed by atoms with Crippen LogP contribution in [0.5, 0.6) is 0 Å². The lowest BCUT2D eigenvalue weighted by Gasteiger charge is -2.21. The van der Waals surface area contributed by atoms with Crippen LogP contribution in [-0.4, -0.2) is 17.3 Å². The number of nitriles is 1. The van der Waals surface area contributed by atoms with E-state index in [2.05, 4.69) is 6.07 Å². The molecular weight excluding hydrogens is 176 g/mol. The van der Waals surface area contributed by atoms with Crippen LogP contribution < -0.4 is 5.73 Å². The van der Waals surface area contributed by atoms with Crippen molar-refractivity contribution < 1.29 is 5.11 Å². The van der Waals surface area contributed by atoms with E-state index in [-0.39, 0.29) is 6.61 Å². The van der Waals surface area contributed by atoms with Crippen molar-refractivity contribution in [1.82, 2.24) is 0 Å². The van der Waals surface area contributed by atoms with Gasteiger partial charge in [-0.1, -0.05) is 12.1 Å². The molecule has 14 heavy (non-hydrogen) atoms. The predicted octanol–water partition coefficient (Wildman–Crippen LogP) is 0.810. The molecule has 0 aliphatic heterocycles. The summed E-state index contributed by atoms with van der Waals surface area (Å²) < 4.78 is 0. The summed E-state index contributed by atoms with van der Waals surface area (Å²) in [6, 6.07) is 9.28. The third-order valence-corrected chi connectivity index (χ3v) is 2.05. The van der Waals surface area contributed by atoms with E-state index >= 15 is 0 Å². The minimum atomic E-state index is -0.589. The van der Waals surface area contributed by atoms with Crippen molar-refractivity contribution in [2.75, 3.05) is 6.61 Å². The minimum absolute atomic E-state index is 0.0486. The largest absolute Gasteiger partial charge is 0.394 e. The molecule has 3 nitrogen and oxygen atoms in total. The van der Waals surface area contributed by atoms with Crippen LogP contribution in [0.3, 0.4) is 0 Å². The van der Waals surface area contributed by atoms with Gasteiger partial charge in [-0.3, -0.25) is 0 Å². The van der Waals surface area contributed by atoms with Gasteiger partial charge in [0.1, 0.15) is 0 Å². The van der Waals surface area contributed by atoms with Gasteiger partial charge in [-0.25, -0.2) is 0 Å². The normalized spacial score (nSPS) is 14.4. The molecule has 0 saturated heterocycles. The summed E-state index contributed by atoms with van der Waals surface area (Å²) in [5, 5.41) is 17.6. The Morgan fingerprint density at radius 1 is 1.43 bits per heavy atom. The van der Waals surface area contributed by atoms with Crippen molar-refractivity contribution in [3.05, 3.63) is 35.4 Å². The van der Waals surface area contributed by atoms with Gasteiger partial charge in [0.25, 0.3) is 0 Å². The standard InChI is InChI=1S/C11H14N2O/c1-11(13,8-14)6-9-2-4-10(7-12)5-3-9/h2-5,14H,6,8,13H2,1H3. The van der Waals surface area contributed by atoms with Crippen LogP contribution in [0.25, 0.3) is 0 Å². The zero-order chi connectivity index (χ0) is 10.6. The second kappa shape index (κ2) is 4.23. The van der Waals surface area contributed by atoms with E-state index in [4.69, 9.17) is 16.1 Å². The van der Waals surface area contributed by atoms with Gasteiger partial charge in [0.05, 0.1) is 18.2 Å². The summed E-state index contributed by atoms with van der Waals surface area (Å²) in [6.45, 7) is 1.75. The zero-order valence-electron chi connectivity index (χ0n) is 8.20. The number of aliphatic hydroxyl groups excluding tert-OH is 1. The molecule has 3 heteroatoms. The molecule has 0 spiro atoms. The van der Waals surface area contributed by atoms with Gasteiger partial charge in [0, 0.05) is 5.54 Å². The van der Waals surface area contributed by atoms with Gasteiger partial charge in [-0.05, 0) is 31.0 Å². The quantitative estimate of drug-likeness (QED) is 0.741. The first kappa shape index (κ1) is 10.7. The summed E-state index contributed by atoms with van der Waals surface area (Å²) in [5.41, 5.74) is 6.88. The fraction of sp³-hybridized carbons (Fsp3) is 0.364. The van der Waals surface area contributed by atoms with Crippen molar-refractivity contribution in [3.63, 3.8) is 0 Å². The molecule has 1 rings (SSSR count). The molecule has 0 amide bonds. The maximum atomic E-state index is 8.98. The number of nitrogens with zero attached hydrogens (tertiary/aromatic N) is 1. The molecule has 1 aromatic carbocycles. The molecule has 1 aromatic rings. The van der Waals surface area contributed by atoms with E-state index in [1.54, 1.807) is 19.1 Å². The number of benzene rings is 1. The monoisotopic (exact) mass is 190 g/mol. The molecule has 0 fully saturated rings. The Kier molecular flexibility index (Phi) is 3.23. The highest BCUT2D eigenvalue weighted by Gasteiger charge is 2.17. The molecule has 0 aliphatic carbocycles. The number of hydrogen-bond acceptors (Lipinski definition) is 3. The lowest BCUT2D eigenvalue weighted by Crippen LogP contribution is -2.42.